The Hall–Kier alpha value is -2.38. The molecule has 2 N–H and O–H groups in total. The molecule has 4 rings (SSSR count). The van der Waals surface area contributed by atoms with Crippen LogP contribution >= 0.6 is 8.86 Å². The van der Waals surface area contributed by atoms with Gasteiger partial charge in [-0.05, 0) is 42.1 Å². The van der Waals surface area contributed by atoms with Crippen molar-refractivity contribution in [1.29, 1.82) is 0 Å². The summed E-state index contributed by atoms with van der Waals surface area (Å²) in [5.74, 6) is 1.58. The van der Waals surface area contributed by atoms with E-state index in [1.54, 1.807) is 0 Å². The maximum absolute atomic E-state index is 5.97. The van der Waals surface area contributed by atoms with Crippen molar-refractivity contribution in [3.05, 3.63) is 84.1 Å². The molecule has 1 atom stereocenters. The summed E-state index contributed by atoms with van der Waals surface area (Å²) in [6, 6.07) is 20.5. The fraction of sp³-hybridized carbons (Fsp3) is 0.429. The van der Waals surface area contributed by atoms with Crippen LogP contribution in [0.2, 0.25) is 0 Å². The number of hydrogen-bond acceptors (Lipinski definition) is 3. The molecule has 2 aliphatic rings. The summed E-state index contributed by atoms with van der Waals surface area (Å²) in [6.45, 7) is 14.8. The molecular weight excluding hydrogens is 409 g/mol. The minimum atomic E-state index is -0.497. The number of amidine groups is 1. The monoisotopic (exact) mass is 449 g/mol. The Labute approximate surface area is 197 Å². The molecule has 2 heterocycles. The molecule has 4 heteroatoms. The van der Waals surface area contributed by atoms with Gasteiger partial charge in [-0.25, -0.2) is 0 Å². The molecule has 0 radical (unpaired) electrons. The van der Waals surface area contributed by atoms with Crippen LogP contribution < -0.4 is 5.73 Å². The molecule has 0 aromatic heterocycles. The minimum Gasteiger partial charge on any atom is -0.387 e. The Morgan fingerprint density at radius 3 is 2.03 bits per heavy atom. The van der Waals surface area contributed by atoms with Gasteiger partial charge < -0.3 is 10.6 Å². The van der Waals surface area contributed by atoms with Gasteiger partial charge in [-0.3, -0.25) is 4.99 Å². The van der Waals surface area contributed by atoms with Gasteiger partial charge in [0, 0.05) is 25.2 Å². The van der Waals surface area contributed by atoms with E-state index in [2.05, 4.69) is 58.5 Å². The average molecular weight is 450 g/mol. The van der Waals surface area contributed by atoms with Crippen molar-refractivity contribution in [1.82, 2.24) is 4.90 Å². The zero-order valence-electron chi connectivity index (χ0n) is 20.3. The van der Waals surface area contributed by atoms with E-state index in [-0.39, 0.29) is 0 Å². The van der Waals surface area contributed by atoms with Crippen LogP contribution in [0.3, 0.4) is 0 Å². The van der Waals surface area contributed by atoms with Gasteiger partial charge in [0.25, 0.3) is 0 Å². The van der Waals surface area contributed by atoms with E-state index in [1.165, 1.54) is 38.0 Å². The predicted octanol–water partition coefficient (Wildman–Crippen LogP) is 6.67. The van der Waals surface area contributed by atoms with Crippen LogP contribution in [-0.4, -0.2) is 29.1 Å². The lowest BCUT2D eigenvalue weighted by Crippen LogP contribution is -2.33. The highest BCUT2D eigenvalue weighted by Gasteiger charge is 2.41. The summed E-state index contributed by atoms with van der Waals surface area (Å²) in [5, 5.41) is 1.09. The van der Waals surface area contributed by atoms with Gasteiger partial charge in [0.1, 0.15) is 11.4 Å². The first-order valence-electron chi connectivity index (χ1n) is 11.9. The molecule has 2 aliphatic heterocycles. The van der Waals surface area contributed by atoms with E-state index in [4.69, 9.17) is 10.7 Å². The lowest BCUT2D eigenvalue weighted by molar-refractivity contribution is 0.214. The van der Waals surface area contributed by atoms with Crippen LogP contribution in [0, 0.1) is 5.92 Å². The van der Waals surface area contributed by atoms with E-state index >= 15 is 0 Å². The van der Waals surface area contributed by atoms with Crippen molar-refractivity contribution in [2.75, 3.05) is 13.1 Å². The molecule has 0 spiro atoms. The normalized spacial score (nSPS) is 19.1. The summed E-state index contributed by atoms with van der Waals surface area (Å²) in [6.07, 6.45) is 4.77. The van der Waals surface area contributed by atoms with E-state index in [0.717, 1.165) is 22.3 Å². The molecule has 1 saturated heterocycles. The van der Waals surface area contributed by atoms with E-state index in [1.807, 2.05) is 50.2 Å². The molecule has 0 bridgehead atoms. The van der Waals surface area contributed by atoms with Gasteiger partial charge in [0.05, 0.1) is 0 Å². The third-order valence-corrected chi connectivity index (χ3v) is 6.66. The molecule has 0 aliphatic carbocycles. The molecule has 3 nitrogen and oxygen atoms in total. The Morgan fingerprint density at radius 2 is 1.62 bits per heavy atom. The number of nitrogens with two attached hydrogens (primary N) is 1. The largest absolute Gasteiger partial charge is 0.387 e. The van der Waals surface area contributed by atoms with E-state index in [9.17, 15) is 0 Å². The predicted molar refractivity (Wildman–Crippen MR) is 144 cm³/mol. The van der Waals surface area contributed by atoms with Crippen LogP contribution in [0.15, 0.2) is 77.9 Å². The maximum atomic E-state index is 5.97. The van der Waals surface area contributed by atoms with Crippen LogP contribution in [0.1, 0.15) is 64.5 Å². The van der Waals surface area contributed by atoms with Crippen LogP contribution in [-0.2, 0) is 5.54 Å². The molecule has 1 unspecified atom stereocenters. The Bertz CT molecular complexity index is 850. The maximum Gasteiger partial charge on any atom is 0.138 e. The highest BCUT2D eigenvalue weighted by Crippen LogP contribution is 2.40. The quantitative estimate of drug-likeness (QED) is 0.529. The molecule has 172 valence electrons. The topological polar surface area (TPSA) is 41.6 Å². The fourth-order valence-corrected chi connectivity index (χ4v) is 4.91. The lowest BCUT2D eigenvalue weighted by Gasteiger charge is -2.34. The zero-order valence-corrected chi connectivity index (χ0v) is 21.3. The summed E-state index contributed by atoms with van der Waals surface area (Å²) < 4.78 is 0. The Balaban J connectivity index is 0.000000239. The third-order valence-electron chi connectivity index (χ3n) is 6.13. The second-order valence-corrected chi connectivity index (χ2v) is 8.90. The average Bonchev–Trinajstić information content (AvgIpc) is 3.16. The summed E-state index contributed by atoms with van der Waals surface area (Å²) in [5.41, 5.74) is 8.98. The molecule has 0 saturated carbocycles. The van der Waals surface area contributed by atoms with Gasteiger partial charge in [0.2, 0.25) is 0 Å². The lowest BCUT2D eigenvalue weighted by atomic mass is 9.81. The second kappa shape index (κ2) is 12.6. The zero-order chi connectivity index (χ0) is 23.6. The van der Waals surface area contributed by atoms with Gasteiger partial charge in [-0.1, -0.05) is 94.4 Å². The van der Waals surface area contributed by atoms with Crippen LogP contribution in [0.5, 0.6) is 0 Å². The van der Waals surface area contributed by atoms with Gasteiger partial charge in [0.15, 0.2) is 0 Å². The summed E-state index contributed by atoms with van der Waals surface area (Å²) in [7, 11) is 3.76. The number of nitrogens with zero attached hydrogens (tertiary/aromatic N) is 2. The van der Waals surface area contributed by atoms with E-state index < -0.39 is 5.54 Å². The molecular formula is C28H40N3P. The third kappa shape index (κ3) is 6.11. The van der Waals surface area contributed by atoms with Crippen molar-refractivity contribution in [2.45, 2.75) is 58.9 Å². The molecule has 2 aromatic rings. The van der Waals surface area contributed by atoms with Gasteiger partial charge in [-0.2, -0.15) is 0 Å². The van der Waals surface area contributed by atoms with Crippen molar-refractivity contribution in [3.8, 4) is 0 Å². The number of hydrogen-bond donors (Lipinski definition) is 1. The van der Waals surface area contributed by atoms with Crippen molar-refractivity contribution in [3.63, 3.8) is 0 Å². The number of aliphatic imine (C=N–C) groups is 1. The Kier molecular flexibility index (Phi) is 10.2. The van der Waals surface area contributed by atoms with Crippen molar-refractivity contribution >= 4 is 20.0 Å². The minimum absolute atomic E-state index is 0.497. The molecule has 32 heavy (non-hydrogen) atoms. The SMILES string of the molecule is C=C(C)N1CCCC(CC)C1.CC.NC1=NC(c2ccccc2)(c2ccccc2)C(=P)C1. The number of rotatable bonds is 4. The highest BCUT2D eigenvalue weighted by molar-refractivity contribution is 7.22. The first-order chi connectivity index (χ1) is 15.5. The second-order valence-electron chi connectivity index (χ2n) is 8.30. The van der Waals surface area contributed by atoms with Gasteiger partial charge >= 0.3 is 0 Å². The van der Waals surface area contributed by atoms with Gasteiger partial charge in [-0.15, -0.1) is 8.86 Å². The highest BCUT2D eigenvalue weighted by atomic mass is 31.0. The number of piperidine rings is 1. The molecule has 2 aromatic carbocycles. The van der Waals surface area contributed by atoms with Crippen molar-refractivity contribution < 1.29 is 0 Å². The number of benzene rings is 2. The molecule has 1 fully saturated rings. The summed E-state index contributed by atoms with van der Waals surface area (Å²) >= 11 is 0. The van der Waals surface area contributed by atoms with E-state index in [0.29, 0.717) is 12.3 Å². The standard InChI is InChI=1S/C16H15N2P.C10H19N.C2H6/c17-15-11-14(19)16(18-15,12-7-3-1-4-8-12)13-9-5-2-6-10-13;1-4-10-6-5-7-11(8-10)9(2)3;1-2/h1-10,19H,11H2,(H2,17,18);10H,2,4-8H2,1,3H3;1-2H3. The molecule has 0 amide bonds. The fourth-order valence-electron chi connectivity index (χ4n) is 4.38. The first kappa shape index (κ1) is 25.9. The Morgan fingerprint density at radius 1 is 1.09 bits per heavy atom. The number of likely N-dealkylation sites (tertiary alicyclic amines) is 1. The smallest absolute Gasteiger partial charge is 0.138 e. The number of allylic oxidation sites excluding steroid dienone is 1. The van der Waals surface area contributed by atoms with Crippen LogP contribution in [0.4, 0.5) is 0 Å². The first-order valence-corrected chi connectivity index (χ1v) is 12.4. The van der Waals surface area contributed by atoms with Crippen LogP contribution in [0.25, 0.3) is 0 Å². The summed E-state index contributed by atoms with van der Waals surface area (Å²) in [4.78, 5) is 7.16. The van der Waals surface area contributed by atoms with Crippen molar-refractivity contribution in [2.24, 2.45) is 16.6 Å².